The van der Waals surface area contributed by atoms with Gasteiger partial charge in [-0.05, 0) is 25.8 Å². The van der Waals surface area contributed by atoms with Gasteiger partial charge in [-0.25, -0.2) is 0 Å². The van der Waals surface area contributed by atoms with E-state index in [4.69, 9.17) is 9.15 Å². The molecule has 0 fully saturated rings. The lowest BCUT2D eigenvalue weighted by molar-refractivity contribution is -0.126. The molecule has 0 aliphatic heterocycles. The maximum Gasteiger partial charge on any atom is 0.246 e. The summed E-state index contributed by atoms with van der Waals surface area (Å²) in [7, 11) is 0. The standard InChI is InChI=1S/C12H17NO3/c1-2-15-8-12(14)13-10-4-3-5-11-9(10)6-7-16-11/h6-7,10H,2-5,8H2,1H3,(H,13,14). The highest BCUT2D eigenvalue weighted by atomic mass is 16.5. The summed E-state index contributed by atoms with van der Waals surface area (Å²) in [4.78, 5) is 11.5. The minimum atomic E-state index is -0.0547. The number of rotatable bonds is 4. The zero-order valence-corrected chi connectivity index (χ0v) is 9.49. The van der Waals surface area contributed by atoms with Crippen molar-refractivity contribution in [1.82, 2.24) is 5.32 Å². The van der Waals surface area contributed by atoms with Crippen molar-refractivity contribution in [2.24, 2.45) is 0 Å². The average Bonchev–Trinajstić information content (AvgIpc) is 2.75. The van der Waals surface area contributed by atoms with Crippen LogP contribution in [0.15, 0.2) is 16.7 Å². The summed E-state index contributed by atoms with van der Waals surface area (Å²) in [5, 5.41) is 2.97. The summed E-state index contributed by atoms with van der Waals surface area (Å²) < 4.78 is 10.4. The fraction of sp³-hybridized carbons (Fsp3) is 0.583. The average molecular weight is 223 g/mol. The molecule has 0 saturated carbocycles. The van der Waals surface area contributed by atoms with Gasteiger partial charge in [0.05, 0.1) is 12.3 Å². The van der Waals surface area contributed by atoms with Crippen molar-refractivity contribution in [1.29, 1.82) is 0 Å². The van der Waals surface area contributed by atoms with Crippen molar-refractivity contribution in [3.8, 4) is 0 Å². The summed E-state index contributed by atoms with van der Waals surface area (Å²) in [6.07, 6.45) is 4.70. The molecule has 1 amide bonds. The minimum absolute atomic E-state index is 0.0547. The lowest BCUT2D eigenvalue weighted by Crippen LogP contribution is -2.33. The number of hydrogen-bond donors (Lipinski definition) is 1. The number of amides is 1. The number of hydrogen-bond acceptors (Lipinski definition) is 3. The molecule has 0 radical (unpaired) electrons. The number of furan rings is 1. The molecule has 1 aromatic heterocycles. The second-order valence-corrected chi connectivity index (χ2v) is 3.95. The Morgan fingerprint density at radius 1 is 1.69 bits per heavy atom. The smallest absolute Gasteiger partial charge is 0.246 e. The van der Waals surface area contributed by atoms with E-state index in [-0.39, 0.29) is 18.6 Å². The van der Waals surface area contributed by atoms with Crippen molar-refractivity contribution in [3.05, 3.63) is 23.7 Å². The maximum atomic E-state index is 11.5. The summed E-state index contributed by atoms with van der Waals surface area (Å²) in [6, 6.07) is 2.04. The first-order valence-corrected chi connectivity index (χ1v) is 5.74. The third kappa shape index (κ3) is 2.44. The molecular formula is C12H17NO3. The minimum Gasteiger partial charge on any atom is -0.469 e. The van der Waals surface area contributed by atoms with E-state index < -0.39 is 0 Å². The van der Waals surface area contributed by atoms with Gasteiger partial charge in [0.15, 0.2) is 0 Å². The van der Waals surface area contributed by atoms with Gasteiger partial charge < -0.3 is 14.5 Å². The van der Waals surface area contributed by atoms with Gasteiger partial charge in [0.2, 0.25) is 5.91 Å². The number of carbonyl (C=O) groups is 1. The molecule has 1 heterocycles. The van der Waals surface area contributed by atoms with E-state index in [1.165, 1.54) is 0 Å². The Labute approximate surface area is 95.0 Å². The van der Waals surface area contributed by atoms with Crippen LogP contribution >= 0.6 is 0 Å². The van der Waals surface area contributed by atoms with Crippen molar-refractivity contribution in [2.75, 3.05) is 13.2 Å². The third-order valence-electron chi connectivity index (χ3n) is 2.82. The van der Waals surface area contributed by atoms with Gasteiger partial charge in [0, 0.05) is 18.6 Å². The number of carbonyl (C=O) groups excluding carboxylic acids is 1. The van der Waals surface area contributed by atoms with Crippen LogP contribution in [-0.2, 0) is 16.0 Å². The second-order valence-electron chi connectivity index (χ2n) is 3.95. The molecule has 1 aliphatic carbocycles. The molecule has 88 valence electrons. The molecule has 0 aromatic carbocycles. The fourth-order valence-electron chi connectivity index (χ4n) is 2.07. The van der Waals surface area contributed by atoms with Crippen LogP contribution in [0.25, 0.3) is 0 Å². The van der Waals surface area contributed by atoms with Crippen molar-refractivity contribution < 1.29 is 13.9 Å². The van der Waals surface area contributed by atoms with Crippen LogP contribution in [0.5, 0.6) is 0 Å². The van der Waals surface area contributed by atoms with E-state index in [1.54, 1.807) is 6.26 Å². The summed E-state index contributed by atoms with van der Waals surface area (Å²) in [5.74, 6) is 0.953. The normalized spacial score (nSPS) is 19.2. The lowest BCUT2D eigenvalue weighted by atomic mass is 9.93. The molecule has 1 atom stereocenters. The molecule has 4 nitrogen and oxygen atoms in total. The maximum absolute atomic E-state index is 11.5. The van der Waals surface area contributed by atoms with E-state index in [2.05, 4.69) is 5.32 Å². The fourth-order valence-corrected chi connectivity index (χ4v) is 2.07. The zero-order chi connectivity index (χ0) is 11.4. The predicted molar refractivity (Wildman–Crippen MR) is 59.0 cm³/mol. The van der Waals surface area contributed by atoms with E-state index in [0.29, 0.717) is 6.61 Å². The first-order chi connectivity index (χ1) is 7.81. The molecule has 1 aromatic rings. The van der Waals surface area contributed by atoms with Gasteiger partial charge in [-0.15, -0.1) is 0 Å². The van der Waals surface area contributed by atoms with Crippen molar-refractivity contribution >= 4 is 5.91 Å². The first-order valence-electron chi connectivity index (χ1n) is 5.74. The Morgan fingerprint density at radius 3 is 3.38 bits per heavy atom. The summed E-state index contributed by atoms with van der Waals surface area (Å²) in [5.41, 5.74) is 1.12. The number of nitrogens with one attached hydrogen (secondary N) is 1. The van der Waals surface area contributed by atoms with Gasteiger partial charge in [-0.3, -0.25) is 4.79 Å². The second kappa shape index (κ2) is 5.16. The van der Waals surface area contributed by atoms with Crippen molar-refractivity contribution in [3.63, 3.8) is 0 Å². The van der Waals surface area contributed by atoms with Crippen LogP contribution in [-0.4, -0.2) is 19.1 Å². The van der Waals surface area contributed by atoms with E-state index in [9.17, 15) is 4.79 Å². The highest BCUT2D eigenvalue weighted by Gasteiger charge is 2.23. The Morgan fingerprint density at radius 2 is 2.56 bits per heavy atom. The van der Waals surface area contributed by atoms with Crippen LogP contribution < -0.4 is 5.32 Å². The van der Waals surface area contributed by atoms with Crippen LogP contribution in [0.3, 0.4) is 0 Å². The van der Waals surface area contributed by atoms with Crippen molar-refractivity contribution in [2.45, 2.75) is 32.2 Å². The zero-order valence-electron chi connectivity index (χ0n) is 9.49. The Balaban J connectivity index is 1.94. The number of ether oxygens (including phenoxy) is 1. The molecule has 0 saturated heterocycles. The Hall–Kier alpha value is -1.29. The van der Waals surface area contributed by atoms with Crippen LogP contribution in [0.2, 0.25) is 0 Å². The Bertz CT molecular complexity index is 359. The van der Waals surface area contributed by atoms with Gasteiger partial charge in [-0.2, -0.15) is 0 Å². The largest absolute Gasteiger partial charge is 0.469 e. The summed E-state index contributed by atoms with van der Waals surface area (Å²) >= 11 is 0. The van der Waals surface area contributed by atoms with E-state index >= 15 is 0 Å². The molecule has 1 N–H and O–H groups in total. The van der Waals surface area contributed by atoms with Gasteiger partial charge in [0.1, 0.15) is 12.4 Å². The number of fused-ring (bicyclic) bond motifs is 1. The van der Waals surface area contributed by atoms with Crippen LogP contribution in [0.4, 0.5) is 0 Å². The van der Waals surface area contributed by atoms with Crippen LogP contribution in [0, 0.1) is 0 Å². The number of aryl methyl sites for hydroxylation is 1. The first kappa shape index (κ1) is 11.2. The van der Waals surface area contributed by atoms with Gasteiger partial charge in [-0.1, -0.05) is 0 Å². The topological polar surface area (TPSA) is 51.5 Å². The van der Waals surface area contributed by atoms with Gasteiger partial charge in [0.25, 0.3) is 0 Å². The molecular weight excluding hydrogens is 206 g/mol. The molecule has 2 rings (SSSR count). The monoisotopic (exact) mass is 223 g/mol. The SMILES string of the molecule is CCOCC(=O)NC1CCCc2occc21. The molecule has 4 heteroatoms. The third-order valence-corrected chi connectivity index (χ3v) is 2.82. The van der Waals surface area contributed by atoms with E-state index in [0.717, 1.165) is 30.6 Å². The molecule has 1 aliphatic rings. The van der Waals surface area contributed by atoms with Gasteiger partial charge >= 0.3 is 0 Å². The molecule has 16 heavy (non-hydrogen) atoms. The van der Waals surface area contributed by atoms with Crippen LogP contribution in [0.1, 0.15) is 37.1 Å². The summed E-state index contributed by atoms with van der Waals surface area (Å²) in [6.45, 7) is 2.58. The Kier molecular flexibility index (Phi) is 3.62. The highest BCUT2D eigenvalue weighted by molar-refractivity contribution is 5.77. The molecule has 0 spiro atoms. The predicted octanol–water partition coefficient (Wildman–Crippen LogP) is 1.81. The van der Waals surface area contributed by atoms with E-state index in [1.807, 2.05) is 13.0 Å². The highest BCUT2D eigenvalue weighted by Crippen LogP contribution is 2.30. The molecule has 1 unspecified atom stereocenters. The molecule has 0 bridgehead atoms. The quantitative estimate of drug-likeness (QED) is 0.847. The lowest BCUT2D eigenvalue weighted by Gasteiger charge is -2.22.